The van der Waals surface area contributed by atoms with Crippen molar-refractivity contribution in [3.63, 3.8) is 0 Å². The van der Waals surface area contributed by atoms with Gasteiger partial charge in [-0.1, -0.05) is 89.9 Å². The van der Waals surface area contributed by atoms with Crippen molar-refractivity contribution in [2.45, 2.75) is 0 Å². The van der Waals surface area contributed by atoms with E-state index in [1.54, 1.807) is 42.5 Å². The molecule has 0 aliphatic carbocycles. The number of hydrogen-bond acceptors (Lipinski definition) is 4. The Morgan fingerprint density at radius 1 is 0.656 bits per heavy atom. The summed E-state index contributed by atoms with van der Waals surface area (Å²) in [5.74, 6) is 0. The largest absolute Gasteiger partial charge is 0.488 e. The molecule has 4 nitrogen and oxygen atoms in total. The summed E-state index contributed by atoms with van der Waals surface area (Å²) >= 11 is 14.7. The Bertz CT molecular complexity index is 1120. The van der Waals surface area contributed by atoms with Gasteiger partial charge in [0.2, 0.25) is 0 Å². The summed E-state index contributed by atoms with van der Waals surface area (Å²) in [4.78, 5) is 0. The zero-order chi connectivity index (χ0) is 23.5. The fourth-order valence-electron chi connectivity index (χ4n) is 2.55. The van der Waals surface area contributed by atoms with Crippen molar-refractivity contribution in [3.05, 3.63) is 112 Å². The molecule has 0 amide bonds. The van der Waals surface area contributed by atoms with E-state index in [4.69, 9.17) is 44.7 Å². The van der Waals surface area contributed by atoms with Gasteiger partial charge in [-0.2, -0.15) is 0 Å². The number of benzene rings is 4. The van der Waals surface area contributed by atoms with Crippen molar-refractivity contribution in [1.82, 2.24) is 0 Å². The van der Waals surface area contributed by atoms with Crippen molar-refractivity contribution in [2.75, 3.05) is 11.5 Å². The molecule has 0 saturated carbocycles. The lowest BCUT2D eigenvalue weighted by Gasteiger charge is -2.05. The van der Waals surface area contributed by atoms with Crippen molar-refractivity contribution in [3.8, 4) is 11.1 Å². The second-order valence-electron chi connectivity index (χ2n) is 6.55. The zero-order valence-corrected chi connectivity index (χ0v) is 20.1. The molecule has 4 aromatic carbocycles. The van der Waals surface area contributed by atoms with E-state index in [1.165, 1.54) is 0 Å². The maximum atomic E-state index is 8.58. The van der Waals surface area contributed by atoms with Crippen LogP contribution in [0.4, 0.5) is 11.4 Å². The van der Waals surface area contributed by atoms with Crippen LogP contribution in [0.1, 0.15) is 0 Å². The monoisotopic (exact) mass is 530 g/mol. The highest BCUT2D eigenvalue weighted by Crippen LogP contribution is 2.27. The highest BCUT2D eigenvalue weighted by molar-refractivity contribution is 9.10. The van der Waals surface area contributed by atoms with Gasteiger partial charge in [0, 0.05) is 31.5 Å². The van der Waals surface area contributed by atoms with E-state index >= 15 is 0 Å². The fraction of sp³-hybridized carbons (Fsp3) is 0. The molecule has 0 heterocycles. The van der Waals surface area contributed by atoms with E-state index in [1.807, 2.05) is 54.6 Å². The van der Waals surface area contributed by atoms with Gasteiger partial charge in [-0.15, -0.1) is 0 Å². The van der Waals surface area contributed by atoms with Crippen molar-refractivity contribution >= 4 is 63.1 Å². The van der Waals surface area contributed by atoms with Crippen LogP contribution in [0.2, 0.25) is 10.0 Å². The van der Waals surface area contributed by atoms with Gasteiger partial charge in [0.05, 0.1) is 0 Å². The summed E-state index contributed by atoms with van der Waals surface area (Å²) in [5.41, 5.74) is 15.4. The number of hydrogen-bond donors (Lipinski definition) is 4. The lowest BCUT2D eigenvalue weighted by Crippen LogP contribution is -2.29. The minimum atomic E-state index is -1.34. The van der Waals surface area contributed by atoms with E-state index in [9.17, 15) is 0 Å². The standard InChI is InChI=1S/C12H10ClN.C6H7BO2.C6H5BrClN/c13-10-6-7-11(12(14)8-10)9-4-2-1-3-5-9;8-7(9)6-4-2-1-3-5-6;7-5-2-1-4(8)3-6(5)9/h1-8H,14H2;1-5,8-9H;1-3H,9H2. The van der Waals surface area contributed by atoms with E-state index < -0.39 is 7.12 Å². The molecule has 0 spiro atoms. The molecule has 0 saturated heterocycles. The quantitative estimate of drug-likeness (QED) is 0.199. The molecular formula is C24H22BBrCl2N2O2. The van der Waals surface area contributed by atoms with Crippen LogP contribution < -0.4 is 16.9 Å². The van der Waals surface area contributed by atoms with Crippen LogP contribution >= 0.6 is 39.1 Å². The van der Waals surface area contributed by atoms with Gasteiger partial charge in [0.15, 0.2) is 0 Å². The molecule has 8 heteroatoms. The molecule has 0 aliphatic heterocycles. The van der Waals surface area contributed by atoms with Gasteiger partial charge in [0.25, 0.3) is 0 Å². The van der Waals surface area contributed by atoms with Gasteiger partial charge < -0.3 is 21.5 Å². The third-order valence-electron chi connectivity index (χ3n) is 4.15. The molecule has 0 radical (unpaired) electrons. The predicted molar refractivity (Wildman–Crippen MR) is 141 cm³/mol. The van der Waals surface area contributed by atoms with Crippen molar-refractivity contribution < 1.29 is 10.0 Å². The molecule has 6 N–H and O–H groups in total. The van der Waals surface area contributed by atoms with E-state index in [2.05, 4.69) is 15.9 Å². The molecule has 0 unspecified atom stereocenters. The Morgan fingerprint density at radius 3 is 1.59 bits per heavy atom. The third kappa shape index (κ3) is 8.57. The lowest BCUT2D eigenvalue weighted by atomic mass is 9.81. The van der Waals surface area contributed by atoms with Crippen LogP contribution in [0.5, 0.6) is 0 Å². The Hall–Kier alpha value is -2.48. The van der Waals surface area contributed by atoms with Crippen LogP contribution in [0.15, 0.2) is 102 Å². The highest BCUT2D eigenvalue weighted by atomic mass is 79.9. The van der Waals surface area contributed by atoms with E-state index in [0.717, 1.165) is 15.6 Å². The lowest BCUT2D eigenvalue weighted by molar-refractivity contribution is 0.426. The normalized spacial score (nSPS) is 9.66. The van der Waals surface area contributed by atoms with E-state index in [0.29, 0.717) is 26.9 Å². The smallest absolute Gasteiger partial charge is 0.423 e. The summed E-state index contributed by atoms with van der Waals surface area (Å²) in [7, 11) is -1.34. The van der Waals surface area contributed by atoms with Gasteiger partial charge in [-0.05, 0) is 57.3 Å². The predicted octanol–water partition coefficient (Wildman–Crippen LogP) is 5.64. The number of nitrogens with two attached hydrogens (primary N) is 2. The molecule has 0 fully saturated rings. The first-order valence-corrected chi connectivity index (χ1v) is 11.0. The van der Waals surface area contributed by atoms with Gasteiger partial charge in [0.1, 0.15) is 0 Å². The summed E-state index contributed by atoms with van der Waals surface area (Å²) in [6.45, 7) is 0. The average molecular weight is 532 g/mol. The zero-order valence-electron chi connectivity index (χ0n) is 17.0. The molecule has 0 aromatic heterocycles. The topological polar surface area (TPSA) is 92.5 Å². The van der Waals surface area contributed by atoms with Crippen LogP contribution in [0, 0.1) is 0 Å². The first-order valence-electron chi connectivity index (χ1n) is 9.50. The SMILES string of the molecule is Nc1cc(Cl)ccc1-c1ccccc1.Nc1cc(Cl)ccc1Br.OB(O)c1ccccc1. The number of nitrogen functional groups attached to an aromatic ring is 2. The van der Waals surface area contributed by atoms with Crippen LogP contribution in [-0.4, -0.2) is 17.2 Å². The van der Waals surface area contributed by atoms with Crippen molar-refractivity contribution in [2.24, 2.45) is 0 Å². The van der Waals surface area contributed by atoms with E-state index in [-0.39, 0.29) is 0 Å². The average Bonchev–Trinajstić information content (AvgIpc) is 2.79. The first kappa shape index (κ1) is 25.8. The van der Waals surface area contributed by atoms with Crippen LogP contribution in [0.25, 0.3) is 11.1 Å². The molecule has 0 aliphatic rings. The highest BCUT2D eigenvalue weighted by Gasteiger charge is 2.07. The minimum absolute atomic E-state index is 0.525. The Labute approximate surface area is 206 Å². The molecule has 164 valence electrons. The van der Waals surface area contributed by atoms with Crippen LogP contribution in [-0.2, 0) is 0 Å². The van der Waals surface area contributed by atoms with Crippen LogP contribution in [0.3, 0.4) is 0 Å². The molecule has 0 bridgehead atoms. The second-order valence-corrected chi connectivity index (χ2v) is 8.27. The summed E-state index contributed by atoms with van der Waals surface area (Å²) < 4.78 is 0.881. The maximum absolute atomic E-state index is 8.58. The Balaban J connectivity index is 0.000000178. The first-order chi connectivity index (χ1) is 15.3. The molecular weight excluding hydrogens is 510 g/mol. The summed E-state index contributed by atoms with van der Waals surface area (Å²) in [6.07, 6.45) is 0. The van der Waals surface area contributed by atoms with Gasteiger partial charge in [-0.25, -0.2) is 0 Å². The Kier molecular flexibility index (Phi) is 10.6. The molecule has 32 heavy (non-hydrogen) atoms. The summed E-state index contributed by atoms with van der Waals surface area (Å²) in [5, 5.41) is 18.5. The fourth-order valence-corrected chi connectivity index (χ4v) is 3.16. The number of anilines is 2. The number of halogens is 3. The summed E-state index contributed by atoms with van der Waals surface area (Å²) in [6, 6.07) is 29.5. The molecule has 4 aromatic rings. The molecule has 0 atom stereocenters. The number of rotatable bonds is 2. The third-order valence-corrected chi connectivity index (χ3v) is 5.35. The second kappa shape index (κ2) is 13.2. The maximum Gasteiger partial charge on any atom is 0.488 e. The van der Waals surface area contributed by atoms with Crippen molar-refractivity contribution in [1.29, 1.82) is 0 Å². The van der Waals surface area contributed by atoms with Gasteiger partial charge >= 0.3 is 7.12 Å². The Morgan fingerprint density at radius 2 is 1.16 bits per heavy atom. The minimum Gasteiger partial charge on any atom is -0.423 e. The van der Waals surface area contributed by atoms with Gasteiger partial charge in [-0.3, -0.25) is 0 Å². The molecule has 4 rings (SSSR count).